The molecule has 0 amide bonds. The van der Waals surface area contributed by atoms with E-state index < -0.39 is 0 Å². The molecule has 1 unspecified atom stereocenters. The lowest BCUT2D eigenvalue weighted by atomic mass is 9.71. The van der Waals surface area contributed by atoms with Gasteiger partial charge in [0, 0.05) is 0 Å². The Labute approximate surface area is 249 Å². The van der Waals surface area contributed by atoms with Crippen LogP contribution in [0.3, 0.4) is 0 Å². The van der Waals surface area contributed by atoms with E-state index in [0.29, 0.717) is 16.7 Å². The molecule has 0 aliphatic heterocycles. The Bertz CT molecular complexity index is 1110. The van der Waals surface area contributed by atoms with E-state index in [4.69, 9.17) is 0 Å². The molecule has 0 spiro atoms. The van der Waals surface area contributed by atoms with Crippen LogP contribution in [0.4, 0.5) is 0 Å². The molecule has 0 N–H and O–H groups in total. The van der Waals surface area contributed by atoms with E-state index >= 15 is 0 Å². The minimum atomic E-state index is 0.321. The minimum Gasteiger partial charge on any atom is -0.0837 e. The molecule has 0 fully saturated rings. The SMILES string of the molecule is CC1=C(/C=C/C(C)CC=C/C(C)=C/C=C/C=C(C)\C=C\C=C(/C)CCC2=C(C)CCCC2(C)C)C(C)(C)CCC1. The molecule has 0 heterocycles. The van der Waals surface area contributed by atoms with Crippen molar-refractivity contribution in [2.75, 3.05) is 0 Å². The maximum absolute atomic E-state index is 2.43. The quantitative estimate of drug-likeness (QED) is 0.170. The molecule has 2 rings (SSSR count). The first-order valence-corrected chi connectivity index (χ1v) is 15.9. The molecule has 0 bridgehead atoms. The Balaban J connectivity index is 1.79. The average Bonchev–Trinajstić information content (AvgIpc) is 2.85. The predicted molar refractivity (Wildman–Crippen MR) is 182 cm³/mol. The second-order valence-electron chi connectivity index (χ2n) is 14.0. The summed E-state index contributed by atoms with van der Waals surface area (Å²) in [5.41, 5.74) is 11.2. The number of hydrogen-bond acceptors (Lipinski definition) is 0. The third-order valence-corrected chi connectivity index (χ3v) is 9.05. The highest BCUT2D eigenvalue weighted by molar-refractivity contribution is 5.33. The van der Waals surface area contributed by atoms with Crippen LogP contribution in [0.25, 0.3) is 0 Å². The van der Waals surface area contributed by atoms with Crippen LogP contribution in [0.1, 0.15) is 127 Å². The lowest BCUT2D eigenvalue weighted by Crippen LogP contribution is -2.20. The summed E-state index contributed by atoms with van der Waals surface area (Å²) >= 11 is 0. The molecule has 0 saturated heterocycles. The number of hydrogen-bond donors (Lipinski definition) is 0. The highest BCUT2D eigenvalue weighted by atomic mass is 14.3. The molecule has 0 radical (unpaired) electrons. The first kappa shape index (κ1) is 33.9. The Morgan fingerprint density at radius 2 is 1.38 bits per heavy atom. The zero-order valence-corrected chi connectivity index (χ0v) is 27.8. The van der Waals surface area contributed by atoms with Crippen LogP contribution in [0.15, 0.2) is 106 Å². The second kappa shape index (κ2) is 16.2. The monoisotopic (exact) mass is 540 g/mol. The van der Waals surface area contributed by atoms with E-state index in [1.165, 1.54) is 61.7 Å². The number of rotatable bonds is 12. The van der Waals surface area contributed by atoms with Gasteiger partial charge >= 0.3 is 0 Å². The van der Waals surface area contributed by atoms with Gasteiger partial charge in [-0.2, -0.15) is 0 Å². The lowest BCUT2D eigenvalue weighted by molar-refractivity contribution is 0.354. The molecular formula is C40H60. The fourth-order valence-electron chi connectivity index (χ4n) is 6.34. The van der Waals surface area contributed by atoms with Gasteiger partial charge in [0.15, 0.2) is 0 Å². The predicted octanol–water partition coefficient (Wildman–Crippen LogP) is 12.9. The summed E-state index contributed by atoms with van der Waals surface area (Å²) < 4.78 is 0. The lowest BCUT2D eigenvalue weighted by Gasteiger charge is -2.34. The van der Waals surface area contributed by atoms with Crippen molar-refractivity contribution in [3.63, 3.8) is 0 Å². The second-order valence-corrected chi connectivity index (χ2v) is 14.0. The van der Waals surface area contributed by atoms with Gasteiger partial charge in [0.05, 0.1) is 0 Å². The van der Waals surface area contributed by atoms with Crippen LogP contribution in [-0.4, -0.2) is 0 Å². The molecule has 1 atom stereocenters. The molecule has 2 aliphatic rings. The summed E-state index contributed by atoms with van der Waals surface area (Å²) in [4.78, 5) is 0. The van der Waals surface area contributed by atoms with Crippen LogP contribution in [-0.2, 0) is 0 Å². The van der Waals surface area contributed by atoms with Crippen molar-refractivity contribution in [3.8, 4) is 0 Å². The summed E-state index contributed by atoms with van der Waals surface area (Å²) in [5.74, 6) is 0.549. The average molecular weight is 541 g/mol. The van der Waals surface area contributed by atoms with Crippen LogP contribution in [0, 0.1) is 16.7 Å². The summed E-state index contributed by atoms with van der Waals surface area (Å²) in [6, 6.07) is 0. The summed E-state index contributed by atoms with van der Waals surface area (Å²) in [6.45, 7) is 23.2. The summed E-state index contributed by atoms with van der Waals surface area (Å²) in [6.07, 6.45) is 36.0. The molecule has 2 aliphatic carbocycles. The maximum Gasteiger partial charge on any atom is -0.0104 e. The Hall–Kier alpha value is -2.34. The highest BCUT2D eigenvalue weighted by Gasteiger charge is 2.28. The standard InChI is InChI=1S/C40H60/c1-31(19-13-21-33(3)25-27-37-35(5)23-15-29-39(37,7)8)17-11-12-18-32(2)20-14-22-34(4)26-28-38-36(6)24-16-30-40(38,9)10/h11-14,17-21,26,28,34H,15-16,22-25,27,29-30H2,1-10H3/b12-11+,19-13+,20-14?,28-26+,31-17-,32-18+,33-21+. The molecule has 0 aromatic carbocycles. The van der Waals surface area contributed by atoms with Gasteiger partial charge in [-0.1, -0.05) is 135 Å². The van der Waals surface area contributed by atoms with Gasteiger partial charge in [-0.3, -0.25) is 0 Å². The fourth-order valence-corrected chi connectivity index (χ4v) is 6.34. The zero-order valence-electron chi connectivity index (χ0n) is 27.8. The fraction of sp³-hybridized carbons (Fsp3) is 0.550. The molecule has 0 heteroatoms. The first-order chi connectivity index (χ1) is 18.8. The molecule has 220 valence electrons. The largest absolute Gasteiger partial charge is 0.0837 e. The van der Waals surface area contributed by atoms with E-state index in [-0.39, 0.29) is 0 Å². The van der Waals surface area contributed by atoms with E-state index in [9.17, 15) is 0 Å². The zero-order chi connectivity index (χ0) is 29.8. The van der Waals surface area contributed by atoms with Crippen LogP contribution >= 0.6 is 0 Å². The molecule has 0 aromatic heterocycles. The van der Waals surface area contributed by atoms with E-state index in [0.717, 1.165) is 12.8 Å². The molecule has 0 nitrogen and oxygen atoms in total. The number of allylic oxidation sites excluding steroid dienone is 18. The van der Waals surface area contributed by atoms with Crippen molar-refractivity contribution < 1.29 is 0 Å². The van der Waals surface area contributed by atoms with E-state index in [1.807, 2.05) is 0 Å². The van der Waals surface area contributed by atoms with Crippen molar-refractivity contribution in [1.82, 2.24) is 0 Å². The third kappa shape index (κ3) is 11.6. The topological polar surface area (TPSA) is 0 Å². The van der Waals surface area contributed by atoms with Gasteiger partial charge in [0.1, 0.15) is 0 Å². The highest BCUT2D eigenvalue weighted by Crippen LogP contribution is 2.43. The van der Waals surface area contributed by atoms with Crippen LogP contribution < -0.4 is 0 Å². The van der Waals surface area contributed by atoms with Crippen LogP contribution in [0.5, 0.6) is 0 Å². The summed E-state index contributed by atoms with van der Waals surface area (Å²) in [5, 5.41) is 0. The van der Waals surface area contributed by atoms with E-state index in [2.05, 4.69) is 136 Å². The minimum absolute atomic E-state index is 0.321. The van der Waals surface area contributed by atoms with Gasteiger partial charge in [0.25, 0.3) is 0 Å². The first-order valence-electron chi connectivity index (χ1n) is 15.9. The van der Waals surface area contributed by atoms with Crippen molar-refractivity contribution in [1.29, 1.82) is 0 Å². The molecular weight excluding hydrogens is 480 g/mol. The van der Waals surface area contributed by atoms with Gasteiger partial charge in [-0.05, 0) is 115 Å². The summed E-state index contributed by atoms with van der Waals surface area (Å²) in [7, 11) is 0. The van der Waals surface area contributed by atoms with Gasteiger partial charge in [0.2, 0.25) is 0 Å². The Kier molecular flexibility index (Phi) is 13.7. The van der Waals surface area contributed by atoms with Crippen molar-refractivity contribution in [3.05, 3.63) is 106 Å². The Morgan fingerprint density at radius 3 is 2.00 bits per heavy atom. The molecule has 0 saturated carbocycles. The normalized spacial score (nSPS) is 22.1. The molecule has 0 aromatic rings. The third-order valence-electron chi connectivity index (χ3n) is 9.05. The Morgan fingerprint density at radius 1 is 0.775 bits per heavy atom. The van der Waals surface area contributed by atoms with Crippen molar-refractivity contribution in [2.24, 2.45) is 16.7 Å². The van der Waals surface area contributed by atoms with Gasteiger partial charge in [-0.15, -0.1) is 0 Å². The van der Waals surface area contributed by atoms with Crippen molar-refractivity contribution >= 4 is 0 Å². The van der Waals surface area contributed by atoms with Crippen molar-refractivity contribution in [2.45, 2.75) is 127 Å². The molecule has 40 heavy (non-hydrogen) atoms. The smallest absolute Gasteiger partial charge is 0.0104 e. The van der Waals surface area contributed by atoms with E-state index in [1.54, 1.807) is 22.3 Å². The maximum atomic E-state index is 2.43. The van der Waals surface area contributed by atoms with Gasteiger partial charge < -0.3 is 0 Å². The van der Waals surface area contributed by atoms with Crippen LogP contribution in [0.2, 0.25) is 0 Å². The van der Waals surface area contributed by atoms with Gasteiger partial charge in [-0.25, -0.2) is 0 Å².